The van der Waals surface area contributed by atoms with Crippen molar-refractivity contribution in [1.29, 1.82) is 0 Å². The number of pyridine rings is 1. The van der Waals surface area contributed by atoms with Crippen molar-refractivity contribution in [2.24, 2.45) is 0 Å². The number of sulfone groups is 1. The van der Waals surface area contributed by atoms with Crippen LogP contribution in [0.5, 0.6) is 0 Å². The first kappa shape index (κ1) is 24.8. The Bertz CT molecular complexity index is 979. The lowest BCUT2D eigenvalue weighted by molar-refractivity contribution is -0.148. The van der Waals surface area contributed by atoms with Crippen molar-refractivity contribution in [2.75, 3.05) is 12.9 Å². The first-order valence-electron chi connectivity index (χ1n) is 9.47. The van der Waals surface area contributed by atoms with Crippen LogP contribution in [0.15, 0.2) is 42.6 Å². The SMILES string of the molecule is CC(C)(NC(=O)C(F)F)O[C@@H](CCF)c1ccc(-c2ccc(CS(C)(=O)=O)nc2)cc1. The van der Waals surface area contributed by atoms with Crippen molar-refractivity contribution in [1.82, 2.24) is 10.3 Å². The van der Waals surface area contributed by atoms with Crippen LogP contribution in [0.2, 0.25) is 0 Å². The van der Waals surface area contributed by atoms with Crippen LogP contribution < -0.4 is 5.32 Å². The summed E-state index contributed by atoms with van der Waals surface area (Å²) in [5.41, 5.74) is 1.18. The van der Waals surface area contributed by atoms with E-state index >= 15 is 0 Å². The van der Waals surface area contributed by atoms with Gasteiger partial charge >= 0.3 is 6.43 Å². The second kappa shape index (κ2) is 10.2. The van der Waals surface area contributed by atoms with Gasteiger partial charge in [0.1, 0.15) is 5.72 Å². The second-order valence-corrected chi connectivity index (χ2v) is 9.75. The van der Waals surface area contributed by atoms with Crippen LogP contribution in [0.4, 0.5) is 13.2 Å². The van der Waals surface area contributed by atoms with E-state index in [-0.39, 0.29) is 12.2 Å². The van der Waals surface area contributed by atoms with Gasteiger partial charge in [0, 0.05) is 24.4 Å². The van der Waals surface area contributed by atoms with E-state index in [9.17, 15) is 26.4 Å². The van der Waals surface area contributed by atoms with Gasteiger partial charge in [-0.15, -0.1) is 0 Å². The molecular weight excluding hydrogens is 433 g/mol. The van der Waals surface area contributed by atoms with Crippen molar-refractivity contribution in [3.05, 3.63) is 53.9 Å². The highest BCUT2D eigenvalue weighted by Gasteiger charge is 2.29. The third-order valence-electron chi connectivity index (χ3n) is 4.28. The quantitative estimate of drug-likeness (QED) is 0.547. The van der Waals surface area contributed by atoms with Crippen LogP contribution in [-0.2, 0) is 25.1 Å². The van der Waals surface area contributed by atoms with Crippen molar-refractivity contribution < 1.29 is 31.1 Å². The van der Waals surface area contributed by atoms with E-state index in [1.54, 1.807) is 42.6 Å². The predicted molar refractivity (Wildman–Crippen MR) is 111 cm³/mol. The summed E-state index contributed by atoms with van der Waals surface area (Å²) >= 11 is 0. The second-order valence-electron chi connectivity index (χ2n) is 7.61. The number of aromatic nitrogens is 1. The average Bonchev–Trinajstić information content (AvgIpc) is 2.66. The van der Waals surface area contributed by atoms with E-state index in [2.05, 4.69) is 10.3 Å². The van der Waals surface area contributed by atoms with E-state index in [0.717, 1.165) is 17.4 Å². The number of amides is 1. The minimum atomic E-state index is -3.18. The van der Waals surface area contributed by atoms with Crippen LogP contribution in [0.25, 0.3) is 11.1 Å². The van der Waals surface area contributed by atoms with Crippen LogP contribution in [-0.4, -0.2) is 44.4 Å². The molecule has 0 saturated carbocycles. The molecule has 0 aliphatic carbocycles. The fraction of sp³-hybridized carbons (Fsp3) is 0.429. The van der Waals surface area contributed by atoms with E-state index in [0.29, 0.717) is 11.3 Å². The molecule has 0 spiro atoms. The number of hydrogen-bond acceptors (Lipinski definition) is 5. The highest BCUT2D eigenvalue weighted by molar-refractivity contribution is 7.89. The Morgan fingerprint density at radius 3 is 2.23 bits per heavy atom. The first-order valence-corrected chi connectivity index (χ1v) is 11.5. The van der Waals surface area contributed by atoms with E-state index in [1.807, 2.05) is 0 Å². The van der Waals surface area contributed by atoms with Gasteiger partial charge in [-0.3, -0.25) is 14.2 Å². The maximum Gasteiger partial charge on any atom is 0.315 e. The number of hydrogen-bond donors (Lipinski definition) is 1. The van der Waals surface area contributed by atoms with Crippen molar-refractivity contribution in [3.63, 3.8) is 0 Å². The molecule has 2 rings (SSSR count). The zero-order valence-corrected chi connectivity index (χ0v) is 18.3. The molecule has 10 heteroatoms. The summed E-state index contributed by atoms with van der Waals surface area (Å²) in [5, 5.41) is 2.09. The molecule has 0 bridgehead atoms. The molecule has 0 aliphatic rings. The molecule has 0 radical (unpaired) electrons. The Kier molecular flexibility index (Phi) is 8.19. The van der Waals surface area contributed by atoms with Gasteiger partial charge in [0.2, 0.25) is 0 Å². The lowest BCUT2D eigenvalue weighted by Gasteiger charge is -2.31. The van der Waals surface area contributed by atoms with Crippen LogP contribution in [0.3, 0.4) is 0 Å². The number of nitrogens with one attached hydrogen (secondary N) is 1. The number of carbonyl (C=O) groups is 1. The van der Waals surface area contributed by atoms with Crippen LogP contribution in [0.1, 0.15) is 37.6 Å². The van der Waals surface area contributed by atoms with Crippen LogP contribution in [0, 0.1) is 0 Å². The molecule has 0 saturated heterocycles. The Morgan fingerprint density at radius 2 is 1.74 bits per heavy atom. The van der Waals surface area contributed by atoms with Gasteiger partial charge in [-0.25, -0.2) is 8.42 Å². The van der Waals surface area contributed by atoms with Crippen molar-refractivity contribution >= 4 is 15.7 Å². The third-order valence-corrected chi connectivity index (χ3v) is 5.10. The molecule has 0 aliphatic heterocycles. The summed E-state index contributed by atoms with van der Waals surface area (Å²) in [4.78, 5) is 15.4. The fourth-order valence-electron chi connectivity index (χ4n) is 2.97. The average molecular weight is 459 g/mol. The standard InChI is InChI=1S/C21H25F3N2O4S/c1-21(2,26-20(27)19(23)24)30-18(10-11-22)15-6-4-14(5-7-15)16-8-9-17(25-12-16)13-31(3,28)29/h4-9,12,18-19H,10-11,13H2,1-3H3,(H,26,27)/t18-/m0/s1. The maximum atomic E-state index is 13.1. The Hall–Kier alpha value is -2.46. The predicted octanol–water partition coefficient (Wildman–Crippen LogP) is 3.83. The summed E-state index contributed by atoms with van der Waals surface area (Å²) in [6.07, 6.45) is -1.26. The summed E-state index contributed by atoms with van der Waals surface area (Å²) in [6.45, 7) is 2.13. The number of halogens is 3. The summed E-state index contributed by atoms with van der Waals surface area (Å²) < 4.78 is 66.5. The first-order chi connectivity index (χ1) is 14.4. The highest BCUT2D eigenvalue weighted by Crippen LogP contribution is 2.29. The summed E-state index contributed by atoms with van der Waals surface area (Å²) in [7, 11) is -3.18. The van der Waals surface area contributed by atoms with Gasteiger partial charge in [-0.05, 0) is 31.0 Å². The largest absolute Gasteiger partial charge is 0.348 e. The van der Waals surface area contributed by atoms with Gasteiger partial charge in [0.05, 0.1) is 24.2 Å². The van der Waals surface area contributed by atoms with Gasteiger partial charge in [-0.2, -0.15) is 8.78 Å². The molecule has 1 amide bonds. The van der Waals surface area contributed by atoms with Crippen LogP contribution >= 0.6 is 0 Å². The molecule has 1 aromatic carbocycles. The molecule has 1 atom stereocenters. The zero-order chi connectivity index (χ0) is 23.2. The minimum absolute atomic E-state index is 0.0188. The van der Waals surface area contributed by atoms with E-state index in [1.165, 1.54) is 13.8 Å². The van der Waals surface area contributed by atoms with E-state index in [4.69, 9.17) is 4.74 Å². The molecule has 2 aromatic rings. The number of carbonyl (C=O) groups excluding carboxylic acids is 1. The summed E-state index contributed by atoms with van der Waals surface area (Å²) in [5.74, 6) is -1.61. The Morgan fingerprint density at radius 1 is 1.13 bits per heavy atom. The number of benzene rings is 1. The lowest BCUT2D eigenvalue weighted by Crippen LogP contribution is -2.48. The number of nitrogens with zero attached hydrogens (tertiary/aromatic N) is 1. The minimum Gasteiger partial charge on any atom is -0.348 e. The van der Waals surface area contributed by atoms with E-state index < -0.39 is 40.7 Å². The number of alkyl halides is 3. The molecular formula is C21H25F3N2O4S. The maximum absolute atomic E-state index is 13.1. The molecule has 1 aromatic heterocycles. The third kappa shape index (κ3) is 7.95. The molecule has 0 fully saturated rings. The topological polar surface area (TPSA) is 85.4 Å². The zero-order valence-electron chi connectivity index (χ0n) is 17.4. The number of rotatable bonds is 10. The molecule has 6 nitrogen and oxygen atoms in total. The fourth-order valence-corrected chi connectivity index (χ4v) is 3.68. The van der Waals surface area contributed by atoms with Gasteiger partial charge in [-0.1, -0.05) is 30.3 Å². The molecule has 1 heterocycles. The Labute approximate surface area is 179 Å². The molecule has 0 unspecified atom stereocenters. The van der Waals surface area contributed by atoms with Crippen molar-refractivity contribution in [2.45, 2.75) is 44.3 Å². The van der Waals surface area contributed by atoms with Gasteiger partial charge in [0.25, 0.3) is 5.91 Å². The molecule has 170 valence electrons. The summed E-state index contributed by atoms with van der Waals surface area (Å²) in [6, 6.07) is 10.3. The van der Waals surface area contributed by atoms with Gasteiger partial charge in [0.15, 0.2) is 9.84 Å². The smallest absolute Gasteiger partial charge is 0.315 e. The molecule has 31 heavy (non-hydrogen) atoms. The van der Waals surface area contributed by atoms with Crippen molar-refractivity contribution in [3.8, 4) is 11.1 Å². The lowest BCUT2D eigenvalue weighted by atomic mass is 10.0. The number of ether oxygens (including phenoxy) is 1. The Balaban J connectivity index is 2.15. The van der Waals surface area contributed by atoms with Gasteiger partial charge < -0.3 is 10.1 Å². The molecule has 1 N–H and O–H groups in total. The normalized spacial score (nSPS) is 13.3. The highest BCUT2D eigenvalue weighted by atomic mass is 32.2. The monoisotopic (exact) mass is 458 g/mol.